The minimum Gasteiger partial charge on any atom is -0.411 e. The maximum absolute atomic E-state index is 13.7. The molecule has 0 aromatic heterocycles. The van der Waals surface area contributed by atoms with Crippen LogP contribution in [0.1, 0.15) is 24.0 Å². The van der Waals surface area contributed by atoms with Crippen LogP contribution >= 0.6 is 0 Å². The molecule has 3 heteroatoms. The van der Waals surface area contributed by atoms with Crippen LogP contribution in [0.15, 0.2) is 23.4 Å². The number of hydrogen-bond acceptors (Lipinski definition) is 2. The fourth-order valence-electron chi connectivity index (χ4n) is 3.14. The van der Waals surface area contributed by atoms with Gasteiger partial charge in [0.25, 0.3) is 0 Å². The Morgan fingerprint density at radius 2 is 1.94 bits per heavy atom. The van der Waals surface area contributed by atoms with Gasteiger partial charge in [-0.05, 0) is 42.9 Å². The van der Waals surface area contributed by atoms with Crippen LogP contribution < -0.4 is 0 Å². The molecule has 2 unspecified atom stereocenters. The van der Waals surface area contributed by atoms with E-state index in [2.05, 4.69) is 5.16 Å². The fourth-order valence-corrected chi connectivity index (χ4v) is 3.14. The summed E-state index contributed by atoms with van der Waals surface area (Å²) >= 11 is 0. The molecule has 2 aliphatic rings. The van der Waals surface area contributed by atoms with E-state index >= 15 is 0 Å². The summed E-state index contributed by atoms with van der Waals surface area (Å²) in [6, 6.07) is 5.28. The van der Waals surface area contributed by atoms with Crippen LogP contribution in [0, 0.1) is 17.7 Å². The van der Waals surface area contributed by atoms with Gasteiger partial charge in [-0.25, -0.2) is 4.39 Å². The summed E-state index contributed by atoms with van der Waals surface area (Å²) in [5, 5.41) is 12.5. The number of hydrogen-bond donors (Lipinski definition) is 1. The predicted molar refractivity (Wildman–Crippen MR) is 59.2 cm³/mol. The molecule has 2 atom stereocenters. The Bertz CT molecular complexity index is 455. The van der Waals surface area contributed by atoms with E-state index in [1.165, 1.54) is 6.07 Å². The van der Waals surface area contributed by atoms with Gasteiger partial charge in [0.2, 0.25) is 0 Å². The van der Waals surface area contributed by atoms with Gasteiger partial charge in [0.15, 0.2) is 0 Å². The van der Waals surface area contributed by atoms with Crippen LogP contribution in [0.2, 0.25) is 0 Å². The molecule has 1 fully saturated rings. The third-order valence-corrected chi connectivity index (χ3v) is 3.95. The number of rotatable bonds is 0. The second kappa shape index (κ2) is 3.58. The molecule has 2 aliphatic carbocycles. The lowest BCUT2D eigenvalue weighted by molar-refractivity contribution is 0.313. The van der Waals surface area contributed by atoms with E-state index in [9.17, 15) is 4.39 Å². The van der Waals surface area contributed by atoms with E-state index in [1.807, 2.05) is 6.07 Å². The van der Waals surface area contributed by atoms with Gasteiger partial charge in [-0.3, -0.25) is 0 Å². The molecule has 0 saturated heterocycles. The van der Waals surface area contributed by atoms with E-state index in [-0.39, 0.29) is 11.7 Å². The van der Waals surface area contributed by atoms with Crippen LogP contribution in [0.5, 0.6) is 0 Å². The van der Waals surface area contributed by atoms with Crippen molar-refractivity contribution in [3.63, 3.8) is 0 Å². The zero-order valence-electron chi connectivity index (χ0n) is 8.99. The number of nitrogens with zero attached hydrogens (tertiary/aromatic N) is 1. The van der Waals surface area contributed by atoms with E-state index in [4.69, 9.17) is 5.21 Å². The van der Waals surface area contributed by atoms with Crippen molar-refractivity contribution in [1.82, 2.24) is 0 Å². The van der Waals surface area contributed by atoms with Crippen LogP contribution in [0.3, 0.4) is 0 Å². The van der Waals surface area contributed by atoms with E-state index in [1.54, 1.807) is 6.07 Å². The van der Waals surface area contributed by atoms with Crippen molar-refractivity contribution < 1.29 is 9.60 Å². The lowest BCUT2D eigenvalue weighted by atomic mass is 9.93. The smallest absolute Gasteiger partial charge is 0.126 e. The normalized spacial score (nSPS) is 30.2. The third-order valence-electron chi connectivity index (χ3n) is 3.95. The molecule has 0 radical (unpaired) electrons. The average molecular weight is 219 g/mol. The summed E-state index contributed by atoms with van der Waals surface area (Å²) in [5.74, 6) is 0.452. The second-order valence-electron chi connectivity index (χ2n) is 4.78. The summed E-state index contributed by atoms with van der Waals surface area (Å²) in [6.07, 6.45) is 3.61. The number of halogens is 1. The van der Waals surface area contributed by atoms with E-state index in [0.717, 1.165) is 36.1 Å². The molecule has 1 N–H and O–H groups in total. The Labute approximate surface area is 93.8 Å². The summed E-state index contributed by atoms with van der Waals surface area (Å²) in [7, 11) is 0. The van der Waals surface area contributed by atoms with Gasteiger partial charge in [0, 0.05) is 11.8 Å². The Morgan fingerprint density at radius 3 is 2.69 bits per heavy atom. The molecular formula is C13H14FNO. The minimum absolute atomic E-state index is 0.109. The standard InChI is InChI=1S/C13H14FNO/c14-12-3-1-2-8-6-9-4-5-10(7-11(8)12)13(9)15-16/h1-3,9-10,16H,4-7H2. The van der Waals surface area contributed by atoms with Gasteiger partial charge in [0.1, 0.15) is 5.82 Å². The molecule has 2 nitrogen and oxygen atoms in total. The summed E-state index contributed by atoms with van der Waals surface area (Å²) in [5.41, 5.74) is 2.81. The predicted octanol–water partition coefficient (Wildman–Crippen LogP) is 2.78. The van der Waals surface area contributed by atoms with Gasteiger partial charge in [-0.1, -0.05) is 17.3 Å². The van der Waals surface area contributed by atoms with Gasteiger partial charge >= 0.3 is 0 Å². The molecule has 0 heterocycles. The number of oxime groups is 1. The van der Waals surface area contributed by atoms with Crippen LogP contribution in [0.4, 0.5) is 4.39 Å². The minimum atomic E-state index is -0.109. The number of fused-ring (bicyclic) bond motifs is 3. The SMILES string of the molecule is ON=C1C2CCC1Cc1c(F)cccc1C2. The van der Waals surface area contributed by atoms with E-state index < -0.39 is 0 Å². The van der Waals surface area contributed by atoms with Crippen molar-refractivity contribution in [1.29, 1.82) is 0 Å². The molecule has 1 saturated carbocycles. The third kappa shape index (κ3) is 1.34. The Kier molecular flexibility index (Phi) is 2.20. The van der Waals surface area contributed by atoms with Crippen molar-refractivity contribution in [3.05, 3.63) is 35.1 Å². The monoisotopic (exact) mass is 219 g/mol. The lowest BCUT2D eigenvalue weighted by Gasteiger charge is -2.12. The molecule has 16 heavy (non-hydrogen) atoms. The van der Waals surface area contributed by atoms with Crippen LogP contribution in [-0.4, -0.2) is 10.9 Å². The summed E-state index contributed by atoms with van der Waals surface area (Å²) < 4.78 is 13.7. The molecular weight excluding hydrogens is 205 g/mol. The highest BCUT2D eigenvalue weighted by molar-refractivity contribution is 5.91. The first-order chi connectivity index (χ1) is 7.79. The highest BCUT2D eigenvalue weighted by Crippen LogP contribution is 2.38. The van der Waals surface area contributed by atoms with Gasteiger partial charge < -0.3 is 5.21 Å². The van der Waals surface area contributed by atoms with Crippen LogP contribution in [0.25, 0.3) is 0 Å². The second-order valence-corrected chi connectivity index (χ2v) is 4.78. The highest BCUT2D eigenvalue weighted by Gasteiger charge is 2.36. The molecule has 1 aromatic carbocycles. The van der Waals surface area contributed by atoms with E-state index in [0.29, 0.717) is 12.3 Å². The Hall–Kier alpha value is -1.38. The maximum Gasteiger partial charge on any atom is 0.126 e. The summed E-state index contributed by atoms with van der Waals surface area (Å²) in [6.45, 7) is 0. The van der Waals surface area contributed by atoms with Crippen molar-refractivity contribution in [2.45, 2.75) is 25.7 Å². The van der Waals surface area contributed by atoms with Crippen molar-refractivity contribution in [2.24, 2.45) is 17.0 Å². The Morgan fingerprint density at radius 1 is 1.19 bits per heavy atom. The molecule has 0 spiro atoms. The van der Waals surface area contributed by atoms with Gasteiger partial charge in [0.05, 0.1) is 5.71 Å². The first kappa shape index (κ1) is 9.82. The largest absolute Gasteiger partial charge is 0.411 e. The van der Waals surface area contributed by atoms with Crippen molar-refractivity contribution >= 4 is 5.71 Å². The average Bonchev–Trinajstić information content (AvgIpc) is 2.54. The number of benzene rings is 1. The van der Waals surface area contributed by atoms with Crippen molar-refractivity contribution in [3.8, 4) is 0 Å². The highest BCUT2D eigenvalue weighted by atomic mass is 19.1. The molecule has 1 aromatic rings. The molecule has 84 valence electrons. The molecule has 2 bridgehead atoms. The van der Waals surface area contributed by atoms with Crippen LogP contribution in [-0.2, 0) is 12.8 Å². The molecule has 0 amide bonds. The van der Waals surface area contributed by atoms with Crippen molar-refractivity contribution in [2.75, 3.05) is 0 Å². The zero-order chi connectivity index (χ0) is 11.1. The topological polar surface area (TPSA) is 32.6 Å². The first-order valence-corrected chi connectivity index (χ1v) is 5.77. The molecule has 3 rings (SSSR count). The zero-order valence-corrected chi connectivity index (χ0v) is 8.99. The van der Waals surface area contributed by atoms with Gasteiger partial charge in [-0.15, -0.1) is 0 Å². The lowest BCUT2D eigenvalue weighted by Crippen LogP contribution is -2.14. The quantitative estimate of drug-likeness (QED) is 0.528. The molecule has 0 aliphatic heterocycles. The first-order valence-electron chi connectivity index (χ1n) is 5.77. The Balaban J connectivity index is 2.08. The summed E-state index contributed by atoms with van der Waals surface area (Å²) in [4.78, 5) is 0. The van der Waals surface area contributed by atoms with Gasteiger partial charge in [-0.2, -0.15) is 0 Å². The fraction of sp³-hybridized carbons (Fsp3) is 0.462. The maximum atomic E-state index is 13.7.